The van der Waals surface area contributed by atoms with Crippen molar-refractivity contribution < 1.29 is 4.74 Å². The van der Waals surface area contributed by atoms with Gasteiger partial charge in [-0.05, 0) is 30.9 Å². The van der Waals surface area contributed by atoms with E-state index in [0.717, 1.165) is 36.3 Å². The molecule has 1 aliphatic rings. The average molecular weight is 255 g/mol. The van der Waals surface area contributed by atoms with Crippen molar-refractivity contribution >= 4 is 0 Å². The molecule has 2 aromatic rings. The molecule has 0 amide bonds. The topological polar surface area (TPSA) is 61.0 Å². The molecule has 19 heavy (non-hydrogen) atoms. The number of benzene rings is 1. The molecule has 0 bridgehead atoms. The van der Waals surface area contributed by atoms with Crippen molar-refractivity contribution in [2.24, 2.45) is 5.73 Å². The van der Waals surface area contributed by atoms with Gasteiger partial charge in [-0.2, -0.15) is 0 Å². The highest BCUT2D eigenvalue weighted by Crippen LogP contribution is 2.33. The Labute approximate surface area is 112 Å². The van der Waals surface area contributed by atoms with Gasteiger partial charge in [0.05, 0.1) is 12.6 Å². The van der Waals surface area contributed by atoms with Gasteiger partial charge in [0, 0.05) is 18.0 Å². The predicted molar refractivity (Wildman–Crippen MR) is 73.1 cm³/mol. The summed E-state index contributed by atoms with van der Waals surface area (Å²) in [5, 5.41) is 0. The summed E-state index contributed by atoms with van der Waals surface area (Å²) in [5.74, 6) is 1.55. The molecule has 1 aromatic heterocycles. The lowest BCUT2D eigenvalue weighted by Crippen LogP contribution is -2.19. The lowest BCUT2D eigenvalue weighted by molar-refractivity contribution is 0.284. The summed E-state index contributed by atoms with van der Waals surface area (Å²) in [7, 11) is 0. The lowest BCUT2D eigenvalue weighted by atomic mass is 9.98. The van der Waals surface area contributed by atoms with Gasteiger partial charge in [-0.15, -0.1) is 0 Å². The van der Waals surface area contributed by atoms with Crippen LogP contribution in [0.4, 0.5) is 0 Å². The molecule has 98 valence electrons. The fraction of sp³-hybridized carbons (Fsp3) is 0.333. The van der Waals surface area contributed by atoms with Crippen molar-refractivity contribution in [1.29, 1.82) is 0 Å². The SMILES string of the molecule is Cc1cnc(C(N)c2cccc3c2OCCC3)nc1. The quantitative estimate of drug-likeness (QED) is 0.893. The van der Waals surface area contributed by atoms with Crippen LogP contribution in [-0.4, -0.2) is 16.6 Å². The Morgan fingerprint density at radius 3 is 2.84 bits per heavy atom. The smallest absolute Gasteiger partial charge is 0.149 e. The molecular formula is C15H17N3O. The zero-order valence-corrected chi connectivity index (χ0v) is 11.0. The van der Waals surface area contributed by atoms with Gasteiger partial charge in [0.2, 0.25) is 0 Å². The Kier molecular flexibility index (Phi) is 3.17. The summed E-state index contributed by atoms with van der Waals surface area (Å²) in [5.41, 5.74) is 9.52. The van der Waals surface area contributed by atoms with Crippen LogP contribution < -0.4 is 10.5 Å². The number of ether oxygens (including phenoxy) is 1. The van der Waals surface area contributed by atoms with Gasteiger partial charge in [0.15, 0.2) is 0 Å². The van der Waals surface area contributed by atoms with Gasteiger partial charge in [-0.1, -0.05) is 18.2 Å². The molecule has 4 heteroatoms. The van der Waals surface area contributed by atoms with Crippen LogP contribution in [0.5, 0.6) is 5.75 Å². The summed E-state index contributed by atoms with van der Waals surface area (Å²) in [4.78, 5) is 8.62. The van der Waals surface area contributed by atoms with Crippen LogP contribution in [0, 0.1) is 6.92 Å². The van der Waals surface area contributed by atoms with E-state index < -0.39 is 0 Å². The third-order valence-electron chi connectivity index (χ3n) is 3.38. The number of para-hydroxylation sites is 1. The molecule has 1 aliphatic heterocycles. The van der Waals surface area contributed by atoms with E-state index in [1.807, 2.05) is 19.1 Å². The van der Waals surface area contributed by atoms with Crippen LogP contribution in [0.15, 0.2) is 30.6 Å². The molecular weight excluding hydrogens is 238 g/mol. The first-order chi connectivity index (χ1) is 9.25. The van der Waals surface area contributed by atoms with Crippen molar-refractivity contribution in [3.8, 4) is 5.75 Å². The summed E-state index contributed by atoms with van der Waals surface area (Å²) in [6.45, 7) is 2.72. The van der Waals surface area contributed by atoms with Gasteiger partial charge in [0.25, 0.3) is 0 Å². The Bertz CT molecular complexity index is 580. The second kappa shape index (κ2) is 4.97. The number of aromatic nitrogens is 2. The van der Waals surface area contributed by atoms with Crippen LogP contribution in [0.3, 0.4) is 0 Å². The molecule has 4 nitrogen and oxygen atoms in total. The van der Waals surface area contributed by atoms with Gasteiger partial charge in [0.1, 0.15) is 11.6 Å². The third-order valence-corrected chi connectivity index (χ3v) is 3.38. The molecule has 0 aliphatic carbocycles. The van der Waals surface area contributed by atoms with Crippen molar-refractivity contribution in [3.63, 3.8) is 0 Å². The second-order valence-corrected chi connectivity index (χ2v) is 4.88. The molecule has 1 atom stereocenters. The van der Waals surface area contributed by atoms with E-state index in [9.17, 15) is 0 Å². The summed E-state index contributed by atoms with van der Waals surface area (Å²) in [6.07, 6.45) is 5.69. The standard InChI is InChI=1S/C15H17N3O/c1-10-8-17-15(18-9-10)13(16)12-6-2-4-11-5-3-7-19-14(11)12/h2,4,6,8-9,13H,3,5,7,16H2,1H3. The van der Waals surface area contributed by atoms with E-state index in [-0.39, 0.29) is 6.04 Å². The normalized spacial score (nSPS) is 15.5. The van der Waals surface area contributed by atoms with Crippen LogP contribution in [0.1, 0.15) is 35.0 Å². The zero-order chi connectivity index (χ0) is 13.2. The minimum atomic E-state index is -0.339. The Hall–Kier alpha value is -1.94. The van der Waals surface area contributed by atoms with Gasteiger partial charge in [-0.25, -0.2) is 9.97 Å². The lowest BCUT2D eigenvalue weighted by Gasteiger charge is -2.22. The van der Waals surface area contributed by atoms with Crippen LogP contribution in [0.2, 0.25) is 0 Å². The van der Waals surface area contributed by atoms with E-state index in [4.69, 9.17) is 10.5 Å². The summed E-state index contributed by atoms with van der Waals surface area (Å²) in [6, 6.07) is 5.78. The first-order valence-electron chi connectivity index (χ1n) is 6.54. The molecule has 3 rings (SSSR count). The Balaban J connectivity index is 1.99. The van der Waals surface area contributed by atoms with Gasteiger partial charge in [-0.3, -0.25) is 0 Å². The molecule has 0 fully saturated rings. The van der Waals surface area contributed by atoms with Crippen LogP contribution >= 0.6 is 0 Å². The second-order valence-electron chi connectivity index (χ2n) is 4.88. The highest BCUT2D eigenvalue weighted by Gasteiger charge is 2.21. The molecule has 0 saturated carbocycles. The van der Waals surface area contributed by atoms with Crippen molar-refractivity contribution in [3.05, 3.63) is 53.1 Å². The maximum absolute atomic E-state index is 6.29. The number of aryl methyl sites for hydroxylation is 2. The predicted octanol–water partition coefficient (Wildman–Crippen LogP) is 2.16. The maximum atomic E-state index is 6.29. The number of nitrogens with zero attached hydrogens (tertiary/aromatic N) is 2. The Morgan fingerprint density at radius 2 is 2.05 bits per heavy atom. The zero-order valence-electron chi connectivity index (χ0n) is 11.0. The highest BCUT2D eigenvalue weighted by atomic mass is 16.5. The van der Waals surface area contributed by atoms with Crippen LogP contribution in [-0.2, 0) is 6.42 Å². The summed E-state index contributed by atoms with van der Waals surface area (Å²) < 4.78 is 5.79. The molecule has 2 heterocycles. The molecule has 1 unspecified atom stereocenters. The van der Waals surface area contributed by atoms with Crippen molar-refractivity contribution in [2.45, 2.75) is 25.8 Å². The fourth-order valence-electron chi connectivity index (χ4n) is 2.36. The van der Waals surface area contributed by atoms with Crippen molar-refractivity contribution in [1.82, 2.24) is 9.97 Å². The average Bonchev–Trinajstić information content (AvgIpc) is 2.47. The first-order valence-corrected chi connectivity index (χ1v) is 6.54. The monoisotopic (exact) mass is 255 g/mol. The van der Waals surface area contributed by atoms with E-state index in [0.29, 0.717) is 5.82 Å². The minimum absolute atomic E-state index is 0.339. The molecule has 0 spiro atoms. The van der Waals surface area contributed by atoms with E-state index in [1.54, 1.807) is 12.4 Å². The largest absolute Gasteiger partial charge is 0.493 e. The Morgan fingerprint density at radius 1 is 1.26 bits per heavy atom. The number of fused-ring (bicyclic) bond motifs is 1. The van der Waals surface area contributed by atoms with E-state index >= 15 is 0 Å². The van der Waals surface area contributed by atoms with Gasteiger partial charge < -0.3 is 10.5 Å². The number of rotatable bonds is 2. The van der Waals surface area contributed by atoms with E-state index in [2.05, 4.69) is 16.0 Å². The van der Waals surface area contributed by atoms with E-state index in [1.165, 1.54) is 5.56 Å². The fourth-order valence-corrected chi connectivity index (χ4v) is 2.36. The van der Waals surface area contributed by atoms with Crippen LogP contribution in [0.25, 0.3) is 0 Å². The first kappa shape index (κ1) is 12.1. The minimum Gasteiger partial charge on any atom is -0.493 e. The number of hydrogen-bond acceptors (Lipinski definition) is 4. The molecule has 2 N–H and O–H groups in total. The molecule has 0 saturated heterocycles. The molecule has 0 radical (unpaired) electrons. The van der Waals surface area contributed by atoms with Crippen molar-refractivity contribution in [2.75, 3.05) is 6.61 Å². The van der Waals surface area contributed by atoms with Gasteiger partial charge >= 0.3 is 0 Å². The highest BCUT2D eigenvalue weighted by molar-refractivity contribution is 5.46. The number of nitrogens with two attached hydrogens (primary N) is 1. The number of hydrogen-bond donors (Lipinski definition) is 1. The summed E-state index contributed by atoms with van der Waals surface area (Å²) >= 11 is 0. The maximum Gasteiger partial charge on any atom is 0.149 e. The molecule has 1 aromatic carbocycles. The third kappa shape index (κ3) is 2.31.